The van der Waals surface area contributed by atoms with E-state index >= 15 is 0 Å². The molecule has 2 aromatic carbocycles. The Morgan fingerprint density at radius 2 is 1.91 bits per heavy atom. The summed E-state index contributed by atoms with van der Waals surface area (Å²) >= 11 is 12.5. The van der Waals surface area contributed by atoms with Crippen LogP contribution in [0.15, 0.2) is 63.8 Å². The van der Waals surface area contributed by atoms with E-state index in [9.17, 15) is 9.18 Å². The zero-order chi connectivity index (χ0) is 23.8. The molecule has 2 aromatic rings. The van der Waals surface area contributed by atoms with Crippen molar-refractivity contribution in [1.29, 1.82) is 0 Å². The molecule has 2 unspecified atom stereocenters. The van der Waals surface area contributed by atoms with Crippen LogP contribution in [0.4, 0.5) is 4.39 Å². The van der Waals surface area contributed by atoms with Crippen LogP contribution in [-0.4, -0.2) is 48.1 Å². The van der Waals surface area contributed by atoms with Crippen molar-refractivity contribution in [2.75, 3.05) is 20.3 Å². The molecule has 1 saturated heterocycles. The predicted molar refractivity (Wildman–Crippen MR) is 131 cm³/mol. The summed E-state index contributed by atoms with van der Waals surface area (Å²) in [5.74, 6) is 0.307. The van der Waals surface area contributed by atoms with Gasteiger partial charge >= 0.3 is 0 Å². The van der Waals surface area contributed by atoms with E-state index in [4.69, 9.17) is 32.9 Å². The Hall–Kier alpha value is -2.74. The van der Waals surface area contributed by atoms with E-state index in [0.29, 0.717) is 34.3 Å². The fourth-order valence-corrected chi connectivity index (χ4v) is 5.16. The van der Waals surface area contributed by atoms with E-state index in [2.05, 4.69) is 5.10 Å². The maximum absolute atomic E-state index is 14.2. The Bertz CT molecular complexity index is 1210. The van der Waals surface area contributed by atoms with Gasteiger partial charge in [0.2, 0.25) is 0 Å². The second kappa shape index (κ2) is 9.49. The fraction of sp³-hybridized carbons (Fsp3) is 0.320. The van der Waals surface area contributed by atoms with Crippen LogP contribution in [-0.2, 0) is 9.53 Å². The fourth-order valence-electron chi connectivity index (χ4n) is 4.85. The molecule has 3 aliphatic heterocycles. The minimum atomic E-state index is -0.520. The Morgan fingerprint density at radius 3 is 2.65 bits per heavy atom. The molecular formula is C25H23Cl2FN4O2. The summed E-state index contributed by atoms with van der Waals surface area (Å²) in [6, 6.07) is 11.0. The summed E-state index contributed by atoms with van der Waals surface area (Å²) in [7, 11) is 1.58. The molecule has 6 nitrogen and oxygen atoms in total. The predicted octanol–water partition coefficient (Wildman–Crippen LogP) is 5.54. The van der Waals surface area contributed by atoms with E-state index in [0.717, 1.165) is 29.8 Å². The van der Waals surface area contributed by atoms with Crippen LogP contribution in [0.1, 0.15) is 42.5 Å². The highest BCUT2D eigenvalue weighted by Crippen LogP contribution is 2.42. The molecule has 0 aliphatic carbocycles. The molecule has 0 saturated carbocycles. The summed E-state index contributed by atoms with van der Waals surface area (Å²) < 4.78 is 19.0. The second-order valence-electron chi connectivity index (χ2n) is 8.45. The van der Waals surface area contributed by atoms with E-state index in [1.807, 2.05) is 11.0 Å². The van der Waals surface area contributed by atoms with Crippen molar-refractivity contribution in [2.24, 2.45) is 10.1 Å². The van der Waals surface area contributed by atoms with Gasteiger partial charge in [0, 0.05) is 26.3 Å². The van der Waals surface area contributed by atoms with E-state index in [1.165, 1.54) is 12.1 Å². The molecule has 3 heterocycles. The molecule has 34 heavy (non-hydrogen) atoms. The van der Waals surface area contributed by atoms with Crippen LogP contribution < -0.4 is 0 Å². The topological polar surface area (TPSA) is 57.5 Å². The van der Waals surface area contributed by atoms with Crippen LogP contribution in [0, 0.1) is 5.82 Å². The minimum Gasteiger partial charge on any atom is -0.378 e. The van der Waals surface area contributed by atoms with Crippen LogP contribution in [0.3, 0.4) is 0 Å². The lowest BCUT2D eigenvalue weighted by molar-refractivity contribution is -0.128. The number of methoxy groups -OCH3 is 1. The molecule has 176 valence electrons. The van der Waals surface area contributed by atoms with Crippen molar-refractivity contribution in [3.8, 4) is 0 Å². The molecule has 3 aliphatic rings. The first-order valence-electron chi connectivity index (χ1n) is 11.1. The van der Waals surface area contributed by atoms with Crippen LogP contribution in [0.25, 0.3) is 0 Å². The summed E-state index contributed by atoms with van der Waals surface area (Å²) in [5.41, 5.74) is 2.77. The zero-order valence-corrected chi connectivity index (χ0v) is 20.1. The van der Waals surface area contributed by atoms with Gasteiger partial charge < -0.3 is 9.64 Å². The molecule has 0 radical (unpaired) electrons. The maximum Gasteiger partial charge on any atom is 0.254 e. The molecule has 0 bridgehead atoms. The summed E-state index contributed by atoms with van der Waals surface area (Å²) in [5, 5.41) is 7.13. The number of ether oxygens (including phenoxy) is 1. The van der Waals surface area contributed by atoms with E-state index in [-0.39, 0.29) is 24.4 Å². The summed E-state index contributed by atoms with van der Waals surface area (Å²) in [4.78, 5) is 20.8. The SMILES string of the molecule is COCC1=C(C(=O)N2CCCC2c2ccc(F)cc2)C(c2ccc(Cl)c(Cl)c2)N2N=CCC2=N1. The Kier molecular flexibility index (Phi) is 6.42. The molecule has 0 aromatic heterocycles. The highest BCUT2D eigenvalue weighted by atomic mass is 35.5. The molecule has 9 heteroatoms. The van der Waals surface area contributed by atoms with Gasteiger partial charge in [0.25, 0.3) is 5.91 Å². The number of halogens is 3. The number of hydrazone groups is 1. The number of carbonyl (C=O) groups excluding carboxylic acids is 1. The molecule has 5 rings (SSSR count). The molecule has 1 fully saturated rings. The number of fused-ring (bicyclic) bond motifs is 1. The first kappa shape index (κ1) is 23.0. The lowest BCUT2D eigenvalue weighted by Crippen LogP contribution is -2.41. The molecular weight excluding hydrogens is 478 g/mol. The Balaban J connectivity index is 1.60. The van der Waals surface area contributed by atoms with Crippen molar-refractivity contribution in [3.63, 3.8) is 0 Å². The number of aliphatic imine (C=N–C) groups is 1. The van der Waals surface area contributed by atoms with Gasteiger partial charge in [0.05, 0.1) is 34.0 Å². The molecule has 0 spiro atoms. The van der Waals surface area contributed by atoms with Gasteiger partial charge in [-0.1, -0.05) is 41.4 Å². The number of rotatable bonds is 5. The van der Waals surface area contributed by atoms with Crippen molar-refractivity contribution >= 4 is 41.2 Å². The zero-order valence-electron chi connectivity index (χ0n) is 18.5. The van der Waals surface area contributed by atoms with Crippen LogP contribution in [0.5, 0.6) is 0 Å². The number of benzene rings is 2. The summed E-state index contributed by atoms with van der Waals surface area (Å²) in [6.45, 7) is 0.782. The highest BCUT2D eigenvalue weighted by molar-refractivity contribution is 6.42. The van der Waals surface area contributed by atoms with Crippen molar-refractivity contribution < 1.29 is 13.9 Å². The van der Waals surface area contributed by atoms with Crippen molar-refractivity contribution in [3.05, 3.63) is 80.7 Å². The van der Waals surface area contributed by atoms with Crippen LogP contribution >= 0.6 is 23.2 Å². The van der Waals surface area contributed by atoms with Gasteiger partial charge in [-0.15, -0.1) is 0 Å². The maximum atomic E-state index is 14.2. The summed E-state index contributed by atoms with van der Waals surface area (Å²) in [6.07, 6.45) is 4.00. The van der Waals surface area contributed by atoms with Crippen molar-refractivity contribution in [1.82, 2.24) is 9.91 Å². The normalized spacial score (nSPS) is 21.8. The standard InChI is InChI=1S/C25H23Cl2FN4O2/c1-34-14-20-23(25(33)31-12-2-3-21(31)15-4-7-17(28)8-5-15)24(32-22(30-20)10-11-29-32)16-6-9-18(26)19(27)13-16/h4-9,11,13,21,24H,2-3,10,12,14H2,1H3. The third-order valence-corrected chi connectivity index (χ3v) is 7.12. The Labute approximate surface area is 207 Å². The highest BCUT2D eigenvalue weighted by Gasteiger charge is 2.42. The lowest BCUT2D eigenvalue weighted by Gasteiger charge is -2.36. The van der Waals surface area contributed by atoms with Gasteiger partial charge in [-0.3, -0.25) is 4.79 Å². The van der Waals surface area contributed by atoms with Crippen molar-refractivity contribution in [2.45, 2.75) is 31.3 Å². The average molecular weight is 501 g/mol. The van der Waals surface area contributed by atoms with Gasteiger partial charge in [-0.2, -0.15) is 5.10 Å². The quantitative estimate of drug-likeness (QED) is 0.541. The smallest absolute Gasteiger partial charge is 0.254 e. The largest absolute Gasteiger partial charge is 0.378 e. The van der Waals surface area contributed by atoms with Gasteiger partial charge in [-0.25, -0.2) is 14.4 Å². The first-order valence-corrected chi connectivity index (χ1v) is 11.9. The van der Waals surface area contributed by atoms with Crippen LogP contribution in [0.2, 0.25) is 10.0 Å². The van der Waals surface area contributed by atoms with E-state index < -0.39 is 6.04 Å². The second-order valence-corrected chi connectivity index (χ2v) is 9.27. The minimum absolute atomic E-state index is 0.139. The molecule has 2 atom stereocenters. The third kappa shape index (κ3) is 4.13. The van der Waals surface area contributed by atoms with Gasteiger partial charge in [0.15, 0.2) is 0 Å². The number of hydrogen-bond donors (Lipinski definition) is 0. The number of amidine groups is 1. The monoisotopic (exact) mass is 500 g/mol. The van der Waals surface area contributed by atoms with Gasteiger partial charge in [0.1, 0.15) is 17.7 Å². The molecule has 1 amide bonds. The third-order valence-electron chi connectivity index (χ3n) is 6.38. The molecule has 0 N–H and O–H groups in total. The Morgan fingerprint density at radius 1 is 1.15 bits per heavy atom. The number of likely N-dealkylation sites (tertiary alicyclic amines) is 1. The van der Waals surface area contributed by atoms with E-state index in [1.54, 1.807) is 42.6 Å². The first-order chi connectivity index (χ1) is 16.5. The number of hydrogen-bond acceptors (Lipinski definition) is 5. The lowest BCUT2D eigenvalue weighted by atomic mass is 9.93. The number of amides is 1. The van der Waals surface area contributed by atoms with Gasteiger partial charge in [-0.05, 0) is 48.2 Å². The average Bonchev–Trinajstić information content (AvgIpc) is 3.50. The number of nitrogens with zero attached hydrogens (tertiary/aromatic N) is 4. The number of carbonyl (C=O) groups is 1.